The van der Waals surface area contributed by atoms with Gasteiger partial charge in [0.2, 0.25) is 5.95 Å². The van der Waals surface area contributed by atoms with E-state index in [1.54, 1.807) is 24.4 Å². The lowest BCUT2D eigenvalue weighted by molar-refractivity contribution is 0.122. The highest BCUT2D eigenvalue weighted by molar-refractivity contribution is 7.90. The van der Waals surface area contributed by atoms with Crippen LogP contribution in [0.5, 0.6) is 0 Å². The second-order valence-corrected chi connectivity index (χ2v) is 8.48. The lowest BCUT2D eigenvalue weighted by atomic mass is 10.2. The summed E-state index contributed by atoms with van der Waals surface area (Å²) < 4.78 is 49.4. The molecule has 0 atom stereocenters. The molecule has 154 valence electrons. The minimum atomic E-state index is -3.28. The van der Waals surface area contributed by atoms with E-state index in [4.69, 9.17) is 0 Å². The molecule has 2 heterocycles. The Morgan fingerprint density at radius 2 is 2.03 bits per heavy atom. The van der Waals surface area contributed by atoms with Crippen molar-refractivity contribution in [2.45, 2.75) is 31.3 Å². The number of alkyl halides is 2. The molecular weight excluding hydrogens is 402 g/mol. The first kappa shape index (κ1) is 20.6. The van der Waals surface area contributed by atoms with Crippen molar-refractivity contribution < 1.29 is 17.2 Å². The Morgan fingerprint density at radius 1 is 1.24 bits per heavy atom. The van der Waals surface area contributed by atoms with Gasteiger partial charge in [0, 0.05) is 30.8 Å². The summed E-state index contributed by atoms with van der Waals surface area (Å²) in [6.45, 7) is 1.71. The highest BCUT2D eigenvalue weighted by Gasteiger charge is 2.10. The van der Waals surface area contributed by atoms with E-state index in [1.165, 1.54) is 12.4 Å². The molecular formula is C18H20F2N6O2S. The van der Waals surface area contributed by atoms with Crippen LogP contribution in [-0.2, 0) is 22.9 Å². The summed E-state index contributed by atoms with van der Waals surface area (Å²) in [6, 6.07) is 6.65. The molecule has 3 rings (SSSR count). The molecule has 3 aromatic rings. The van der Waals surface area contributed by atoms with E-state index in [-0.39, 0.29) is 10.8 Å². The molecule has 0 spiro atoms. The zero-order chi connectivity index (χ0) is 21.0. The lowest BCUT2D eigenvalue weighted by Gasteiger charge is -2.11. The van der Waals surface area contributed by atoms with Gasteiger partial charge < -0.3 is 10.6 Å². The zero-order valence-corrected chi connectivity index (χ0v) is 16.6. The minimum Gasteiger partial charge on any atom is -0.366 e. The van der Waals surface area contributed by atoms with Gasteiger partial charge >= 0.3 is 0 Å². The van der Waals surface area contributed by atoms with Crippen LogP contribution in [0.25, 0.3) is 0 Å². The number of benzene rings is 1. The number of nitrogens with one attached hydrogen (secondary N) is 2. The fourth-order valence-electron chi connectivity index (χ4n) is 2.55. The normalized spacial score (nSPS) is 11.6. The van der Waals surface area contributed by atoms with Crippen molar-refractivity contribution in [2.75, 3.05) is 16.9 Å². The molecule has 0 aliphatic rings. The van der Waals surface area contributed by atoms with Crippen molar-refractivity contribution in [3.8, 4) is 0 Å². The molecule has 0 saturated carbocycles. The van der Waals surface area contributed by atoms with Gasteiger partial charge in [-0.2, -0.15) is 10.1 Å². The first-order chi connectivity index (χ1) is 13.7. The van der Waals surface area contributed by atoms with E-state index in [1.807, 2.05) is 13.0 Å². The quantitative estimate of drug-likeness (QED) is 0.575. The molecule has 2 N–H and O–H groups in total. The first-order valence-electron chi connectivity index (χ1n) is 8.65. The Hall–Kier alpha value is -3.08. The second kappa shape index (κ2) is 8.52. The number of halogens is 2. The number of sulfone groups is 1. The summed E-state index contributed by atoms with van der Waals surface area (Å²) >= 11 is 0. The molecule has 0 aliphatic carbocycles. The Balaban J connectivity index is 1.70. The summed E-state index contributed by atoms with van der Waals surface area (Å²) in [5.74, 6) is 0.840. The highest BCUT2D eigenvalue weighted by Crippen LogP contribution is 2.18. The van der Waals surface area contributed by atoms with Crippen LogP contribution in [0, 0.1) is 6.92 Å². The predicted molar refractivity (Wildman–Crippen MR) is 105 cm³/mol. The number of aromatic nitrogens is 4. The van der Waals surface area contributed by atoms with Gasteiger partial charge in [-0.05, 0) is 24.6 Å². The maximum atomic E-state index is 12.4. The standard InChI is InChI=1S/C18H20F2N6O2S/c1-12-7-22-18(24-14-9-23-26(10-14)11-16(19)20)25-17(12)21-8-13-4-3-5-15(6-13)29(2,27)28/h3-7,9-10,16H,8,11H2,1-2H3,(H2,21,22,24,25). The number of rotatable bonds is 8. The van der Waals surface area contributed by atoms with Crippen molar-refractivity contribution in [1.29, 1.82) is 0 Å². The number of hydrogen-bond acceptors (Lipinski definition) is 7. The molecule has 0 aliphatic heterocycles. The van der Waals surface area contributed by atoms with Crippen LogP contribution in [0.2, 0.25) is 0 Å². The van der Waals surface area contributed by atoms with Gasteiger partial charge in [0.25, 0.3) is 6.43 Å². The van der Waals surface area contributed by atoms with Gasteiger partial charge in [0.05, 0.1) is 16.8 Å². The third-order valence-corrected chi connectivity index (χ3v) is 5.08. The largest absolute Gasteiger partial charge is 0.366 e. The van der Waals surface area contributed by atoms with Crippen molar-refractivity contribution in [3.05, 3.63) is 54.0 Å². The van der Waals surface area contributed by atoms with Gasteiger partial charge in [-0.1, -0.05) is 12.1 Å². The monoisotopic (exact) mass is 422 g/mol. The Labute approximate surface area is 166 Å². The van der Waals surface area contributed by atoms with Gasteiger partial charge in [0.1, 0.15) is 12.4 Å². The van der Waals surface area contributed by atoms with E-state index in [0.29, 0.717) is 18.1 Å². The summed E-state index contributed by atoms with van der Waals surface area (Å²) in [5, 5.41) is 9.93. The van der Waals surface area contributed by atoms with Crippen LogP contribution < -0.4 is 10.6 Å². The van der Waals surface area contributed by atoms with Crippen molar-refractivity contribution >= 4 is 27.3 Å². The van der Waals surface area contributed by atoms with Gasteiger partial charge in [-0.3, -0.25) is 4.68 Å². The maximum Gasteiger partial charge on any atom is 0.257 e. The summed E-state index contributed by atoms with van der Waals surface area (Å²) in [7, 11) is -3.28. The molecule has 0 unspecified atom stereocenters. The minimum absolute atomic E-state index is 0.249. The molecule has 1 aromatic carbocycles. The fraction of sp³-hybridized carbons (Fsp3) is 0.278. The van der Waals surface area contributed by atoms with Crippen molar-refractivity contribution in [1.82, 2.24) is 19.7 Å². The van der Waals surface area contributed by atoms with Gasteiger partial charge in [-0.15, -0.1) is 0 Å². The summed E-state index contributed by atoms with van der Waals surface area (Å²) in [6.07, 6.45) is 3.15. The zero-order valence-electron chi connectivity index (χ0n) is 15.8. The molecule has 0 fully saturated rings. The maximum absolute atomic E-state index is 12.4. The fourth-order valence-corrected chi connectivity index (χ4v) is 3.24. The molecule has 29 heavy (non-hydrogen) atoms. The van der Waals surface area contributed by atoms with Crippen LogP contribution in [-0.4, -0.2) is 40.8 Å². The van der Waals surface area contributed by atoms with Crippen molar-refractivity contribution in [3.63, 3.8) is 0 Å². The first-order valence-corrected chi connectivity index (χ1v) is 10.5. The average molecular weight is 422 g/mol. The van der Waals surface area contributed by atoms with E-state index in [9.17, 15) is 17.2 Å². The molecule has 2 aromatic heterocycles. The van der Waals surface area contributed by atoms with Crippen molar-refractivity contribution in [2.24, 2.45) is 0 Å². The number of anilines is 3. The van der Waals surface area contributed by atoms with Crippen LogP contribution in [0.3, 0.4) is 0 Å². The topological polar surface area (TPSA) is 102 Å². The van der Waals surface area contributed by atoms with E-state index < -0.39 is 22.8 Å². The van der Waals surface area contributed by atoms with Crippen LogP contribution >= 0.6 is 0 Å². The Morgan fingerprint density at radius 3 is 2.76 bits per heavy atom. The Kier molecular flexibility index (Phi) is 6.06. The lowest BCUT2D eigenvalue weighted by Crippen LogP contribution is -2.07. The third-order valence-electron chi connectivity index (χ3n) is 3.97. The van der Waals surface area contributed by atoms with Gasteiger partial charge in [0.15, 0.2) is 9.84 Å². The SMILES string of the molecule is Cc1cnc(Nc2cnn(CC(F)F)c2)nc1NCc1cccc(S(C)(=O)=O)c1. The highest BCUT2D eigenvalue weighted by atomic mass is 32.2. The van der Waals surface area contributed by atoms with Crippen LogP contribution in [0.1, 0.15) is 11.1 Å². The molecule has 0 saturated heterocycles. The molecule has 8 nitrogen and oxygen atoms in total. The third kappa shape index (κ3) is 5.70. The molecule has 0 bridgehead atoms. The Bertz CT molecular complexity index is 1100. The van der Waals surface area contributed by atoms with Crippen LogP contribution in [0.15, 0.2) is 47.8 Å². The smallest absolute Gasteiger partial charge is 0.257 e. The molecule has 0 radical (unpaired) electrons. The van der Waals surface area contributed by atoms with E-state index >= 15 is 0 Å². The average Bonchev–Trinajstić information content (AvgIpc) is 3.07. The summed E-state index contributed by atoms with van der Waals surface area (Å²) in [4.78, 5) is 8.82. The summed E-state index contributed by atoms with van der Waals surface area (Å²) in [5.41, 5.74) is 2.07. The predicted octanol–water partition coefficient (Wildman–Crippen LogP) is 3.01. The molecule has 0 amide bonds. The van der Waals surface area contributed by atoms with E-state index in [0.717, 1.165) is 22.1 Å². The number of aryl methyl sites for hydroxylation is 1. The van der Waals surface area contributed by atoms with Gasteiger partial charge in [-0.25, -0.2) is 22.2 Å². The van der Waals surface area contributed by atoms with Crippen LogP contribution in [0.4, 0.5) is 26.2 Å². The van der Waals surface area contributed by atoms with E-state index in [2.05, 4.69) is 25.7 Å². The molecule has 11 heteroatoms. The number of nitrogens with zero attached hydrogens (tertiary/aromatic N) is 4. The second-order valence-electron chi connectivity index (χ2n) is 6.47. The number of hydrogen-bond donors (Lipinski definition) is 2.